The molecule has 6 nitrogen and oxygen atoms in total. The van der Waals surface area contributed by atoms with Crippen molar-refractivity contribution in [3.05, 3.63) is 108 Å². The zero-order valence-electron chi connectivity index (χ0n) is 19.5. The zero-order valence-corrected chi connectivity index (χ0v) is 21.2. The third-order valence-corrected chi connectivity index (χ3v) is 6.52. The Kier molecular flexibility index (Phi) is 8.85. The molecule has 0 saturated carbocycles. The van der Waals surface area contributed by atoms with Crippen molar-refractivity contribution in [1.29, 1.82) is 0 Å². The predicted octanol–water partition coefficient (Wildman–Crippen LogP) is 3.39. The number of carbonyl (C=O) groups excluding carboxylic acids is 1. The van der Waals surface area contributed by atoms with E-state index in [1.807, 2.05) is 97.9 Å². The van der Waals surface area contributed by atoms with Crippen LogP contribution in [0.3, 0.4) is 0 Å². The third-order valence-electron chi connectivity index (χ3n) is 5.90. The van der Waals surface area contributed by atoms with Gasteiger partial charge in [0.1, 0.15) is 0 Å². The molecule has 1 heterocycles. The number of aliphatic hydroxyl groups excluding tert-OH is 1. The Morgan fingerprint density at radius 3 is 2.09 bits per heavy atom. The van der Waals surface area contributed by atoms with Gasteiger partial charge in [0.05, 0.1) is 0 Å². The van der Waals surface area contributed by atoms with E-state index >= 15 is 0 Å². The molecule has 4 atom stereocenters. The monoisotopic (exact) mass is 539 g/mol. The molecule has 3 aromatic rings. The number of rotatable bonds is 10. The Morgan fingerprint density at radius 1 is 0.943 bits per heavy atom. The Morgan fingerprint density at radius 2 is 1.49 bits per heavy atom. The minimum absolute atomic E-state index is 0.0476. The van der Waals surface area contributed by atoms with E-state index < -0.39 is 12.2 Å². The molecule has 1 fully saturated rings. The summed E-state index contributed by atoms with van der Waals surface area (Å²) in [5, 5.41) is 11.0. The van der Waals surface area contributed by atoms with E-state index in [4.69, 9.17) is 14.2 Å². The fourth-order valence-corrected chi connectivity index (χ4v) is 4.80. The Balaban J connectivity index is 1.47. The van der Waals surface area contributed by atoms with Gasteiger partial charge in [-0.25, -0.2) is 0 Å². The summed E-state index contributed by atoms with van der Waals surface area (Å²) in [7, 11) is 0. The molecule has 1 amide bonds. The van der Waals surface area contributed by atoms with Gasteiger partial charge in [-0.1, -0.05) is 0 Å². The first-order chi connectivity index (χ1) is 17.0. The first kappa shape index (κ1) is 25.3. The second-order valence-electron chi connectivity index (χ2n) is 8.45. The van der Waals surface area contributed by atoms with E-state index in [0.717, 1.165) is 16.7 Å². The van der Waals surface area contributed by atoms with Gasteiger partial charge in [0.15, 0.2) is 0 Å². The molecular formula is C28H29NO5Se. The first-order valence-corrected chi connectivity index (χ1v) is 12.4. The third kappa shape index (κ3) is 6.45. The van der Waals surface area contributed by atoms with Crippen molar-refractivity contribution in [2.75, 3.05) is 6.61 Å². The number of hydrogen-bond acceptors (Lipinski definition) is 5. The molecule has 0 aliphatic carbocycles. The van der Waals surface area contributed by atoms with Crippen LogP contribution in [-0.4, -0.2) is 61.1 Å². The maximum atomic E-state index is 13.7. The molecule has 3 aromatic carbocycles. The summed E-state index contributed by atoms with van der Waals surface area (Å²) < 4.78 is 18.1. The van der Waals surface area contributed by atoms with Gasteiger partial charge in [-0.05, 0) is 0 Å². The van der Waals surface area contributed by atoms with Crippen LogP contribution in [0.25, 0.3) is 0 Å². The molecule has 1 aliphatic heterocycles. The van der Waals surface area contributed by atoms with E-state index in [1.165, 1.54) is 4.90 Å². The minimum atomic E-state index is -1.16. The van der Waals surface area contributed by atoms with E-state index in [1.54, 1.807) is 0 Å². The van der Waals surface area contributed by atoms with Crippen LogP contribution < -0.4 is 0 Å². The maximum absolute atomic E-state index is 13.7. The van der Waals surface area contributed by atoms with Gasteiger partial charge < -0.3 is 0 Å². The van der Waals surface area contributed by atoms with Gasteiger partial charge in [-0.2, -0.15) is 0 Å². The summed E-state index contributed by atoms with van der Waals surface area (Å²) in [5.41, 5.74) is 2.86. The van der Waals surface area contributed by atoms with Crippen molar-refractivity contribution in [2.24, 2.45) is 0 Å². The van der Waals surface area contributed by atoms with Gasteiger partial charge in [-0.15, -0.1) is 0 Å². The molecule has 1 aliphatic rings. The van der Waals surface area contributed by atoms with Crippen LogP contribution in [0.5, 0.6) is 0 Å². The zero-order chi connectivity index (χ0) is 24.6. The van der Waals surface area contributed by atoms with E-state index in [-0.39, 0.29) is 31.3 Å². The summed E-state index contributed by atoms with van der Waals surface area (Å²) >= 11 is 2.86. The molecule has 0 unspecified atom stereocenters. The molecule has 7 heteroatoms. The predicted molar refractivity (Wildman–Crippen MR) is 134 cm³/mol. The van der Waals surface area contributed by atoms with Gasteiger partial charge in [-0.3, -0.25) is 0 Å². The Labute approximate surface area is 213 Å². The summed E-state index contributed by atoms with van der Waals surface area (Å²) in [6.07, 6.45) is -2.61. The van der Waals surface area contributed by atoms with Gasteiger partial charge in [0.2, 0.25) is 0 Å². The molecule has 0 spiro atoms. The van der Waals surface area contributed by atoms with Crippen LogP contribution in [0.4, 0.5) is 0 Å². The number of amides is 1. The second-order valence-corrected chi connectivity index (χ2v) is 9.18. The van der Waals surface area contributed by atoms with E-state index in [0.29, 0.717) is 11.3 Å². The van der Waals surface area contributed by atoms with Crippen LogP contribution in [0.1, 0.15) is 29.7 Å². The number of carbonyl (C=O) groups is 1. The van der Waals surface area contributed by atoms with Crippen molar-refractivity contribution in [1.82, 2.24) is 4.90 Å². The second kappa shape index (κ2) is 12.2. The average molecular weight is 539 g/mol. The standard InChI is InChI=1S/C28H29NO5Se/c1-20-25(23-15-9-4-10-16-23)34-28(35)29(20)27(31)26(33-18-22-13-7-3-8-14-22)24(30)19-32-17-21-11-5-2-6-12-21/h2-16,20,24-26,30H,17-19H2,1H3/t20-,24+,25-,26+/m0/s1. The van der Waals surface area contributed by atoms with Crippen LogP contribution in [-0.2, 0) is 32.2 Å². The molecular weight excluding hydrogens is 509 g/mol. The van der Waals surface area contributed by atoms with E-state index in [9.17, 15) is 9.90 Å². The molecule has 182 valence electrons. The number of benzene rings is 3. The summed E-state index contributed by atoms with van der Waals surface area (Å²) in [4.78, 5) is 15.2. The number of aliphatic hydroxyl groups is 1. The van der Waals surface area contributed by atoms with Crippen LogP contribution in [0.2, 0.25) is 0 Å². The summed E-state index contributed by atoms with van der Waals surface area (Å²) in [6, 6.07) is 28.7. The van der Waals surface area contributed by atoms with Gasteiger partial charge in [0.25, 0.3) is 0 Å². The van der Waals surface area contributed by atoms with Crippen molar-refractivity contribution in [2.45, 2.75) is 44.5 Å². The van der Waals surface area contributed by atoms with Crippen LogP contribution >= 0.6 is 0 Å². The fourth-order valence-electron chi connectivity index (χ4n) is 4.05. The summed E-state index contributed by atoms with van der Waals surface area (Å²) in [5.74, 6) is -0.378. The Bertz CT molecular complexity index is 1100. The average Bonchev–Trinajstić information content (AvgIpc) is 3.19. The topological polar surface area (TPSA) is 68.2 Å². The number of hydrogen-bond donors (Lipinski definition) is 1. The fraction of sp³-hybridized carbons (Fsp3) is 0.286. The normalized spacial score (nSPS) is 19.3. The molecule has 4 rings (SSSR count). The number of nitrogens with zero attached hydrogens (tertiary/aromatic N) is 1. The van der Waals surface area contributed by atoms with E-state index in [2.05, 4.69) is 15.6 Å². The quantitative estimate of drug-likeness (QED) is 0.401. The number of ether oxygens (including phenoxy) is 3. The molecule has 1 saturated heterocycles. The molecule has 0 aromatic heterocycles. The Hall–Kier alpha value is -2.80. The van der Waals surface area contributed by atoms with Crippen molar-refractivity contribution in [3.8, 4) is 0 Å². The molecule has 0 bridgehead atoms. The van der Waals surface area contributed by atoms with Crippen molar-refractivity contribution >= 4 is 26.2 Å². The molecule has 0 radical (unpaired) electrons. The van der Waals surface area contributed by atoms with Crippen molar-refractivity contribution in [3.63, 3.8) is 0 Å². The van der Waals surface area contributed by atoms with Crippen LogP contribution in [0.15, 0.2) is 91.0 Å². The summed E-state index contributed by atoms with van der Waals surface area (Å²) in [6.45, 7) is 2.39. The SMILES string of the molecule is C[C@H]1[C@@H](c2ccccc2)OC(=[Se])N1C(=O)[C@H](OCc1ccccc1)[C@H](O)COCc1ccccc1. The van der Waals surface area contributed by atoms with Crippen molar-refractivity contribution < 1.29 is 24.1 Å². The van der Waals surface area contributed by atoms with Gasteiger partial charge in [0, 0.05) is 0 Å². The van der Waals surface area contributed by atoms with Crippen LogP contribution in [0, 0.1) is 0 Å². The first-order valence-electron chi connectivity index (χ1n) is 11.6. The molecule has 35 heavy (non-hydrogen) atoms. The van der Waals surface area contributed by atoms with Gasteiger partial charge >= 0.3 is 214 Å². The molecule has 1 N–H and O–H groups in total.